The van der Waals surface area contributed by atoms with Gasteiger partial charge in [-0.05, 0) is 25.1 Å². The van der Waals surface area contributed by atoms with E-state index >= 15 is 0 Å². The molecule has 5 nitrogen and oxygen atoms in total. The second-order valence-corrected chi connectivity index (χ2v) is 4.28. The predicted octanol–water partition coefficient (Wildman–Crippen LogP) is 2.44. The summed E-state index contributed by atoms with van der Waals surface area (Å²) in [6, 6.07) is 5.17. The third kappa shape index (κ3) is 3.54. The van der Waals surface area contributed by atoms with Gasteiger partial charge < -0.3 is 10.6 Å². The standard InChI is InChI=1S/C13H15FN4O/c1-9(10-7-15-18(2)8-10)16-13(19)17-12-5-3-4-11(14)6-12/h3-9H,1-2H3,(H2,16,17,19). The lowest BCUT2D eigenvalue weighted by Crippen LogP contribution is -2.31. The number of halogens is 1. The van der Waals surface area contributed by atoms with Crippen LogP contribution in [0.25, 0.3) is 0 Å². The van der Waals surface area contributed by atoms with Crippen molar-refractivity contribution in [3.63, 3.8) is 0 Å². The van der Waals surface area contributed by atoms with Crippen LogP contribution in [0.15, 0.2) is 36.7 Å². The predicted molar refractivity (Wildman–Crippen MR) is 70.2 cm³/mol. The Balaban J connectivity index is 1.94. The number of rotatable bonds is 3. The molecular weight excluding hydrogens is 247 g/mol. The molecule has 1 atom stereocenters. The van der Waals surface area contributed by atoms with Crippen molar-refractivity contribution in [3.8, 4) is 0 Å². The monoisotopic (exact) mass is 262 g/mol. The number of nitrogens with zero attached hydrogens (tertiary/aromatic N) is 2. The second-order valence-electron chi connectivity index (χ2n) is 4.28. The minimum Gasteiger partial charge on any atom is -0.331 e. The van der Waals surface area contributed by atoms with Crippen molar-refractivity contribution in [2.24, 2.45) is 7.05 Å². The highest BCUT2D eigenvalue weighted by atomic mass is 19.1. The smallest absolute Gasteiger partial charge is 0.319 e. The van der Waals surface area contributed by atoms with Crippen LogP contribution in [0.2, 0.25) is 0 Å². The Morgan fingerprint density at radius 2 is 2.26 bits per heavy atom. The van der Waals surface area contributed by atoms with Crippen LogP contribution in [0.5, 0.6) is 0 Å². The number of anilines is 1. The van der Waals surface area contributed by atoms with Gasteiger partial charge in [0.1, 0.15) is 5.82 Å². The highest BCUT2D eigenvalue weighted by molar-refractivity contribution is 5.89. The Labute approximate surface area is 110 Å². The molecule has 0 aliphatic heterocycles. The van der Waals surface area contributed by atoms with Crippen LogP contribution in [-0.4, -0.2) is 15.8 Å². The van der Waals surface area contributed by atoms with Crippen LogP contribution in [0, 0.1) is 5.82 Å². The zero-order chi connectivity index (χ0) is 13.8. The molecule has 0 fully saturated rings. The van der Waals surface area contributed by atoms with Gasteiger partial charge in [-0.25, -0.2) is 9.18 Å². The third-order valence-electron chi connectivity index (χ3n) is 2.65. The molecule has 1 aromatic heterocycles. The number of aryl methyl sites for hydroxylation is 1. The Morgan fingerprint density at radius 3 is 2.89 bits per heavy atom. The molecule has 0 aliphatic carbocycles. The Kier molecular flexibility index (Phi) is 3.79. The summed E-state index contributed by atoms with van der Waals surface area (Å²) in [7, 11) is 1.81. The van der Waals surface area contributed by atoms with Gasteiger partial charge in [-0.2, -0.15) is 5.10 Å². The van der Waals surface area contributed by atoms with Crippen molar-refractivity contribution in [2.75, 3.05) is 5.32 Å². The zero-order valence-corrected chi connectivity index (χ0v) is 10.7. The quantitative estimate of drug-likeness (QED) is 0.892. The average Bonchev–Trinajstić information content (AvgIpc) is 2.75. The summed E-state index contributed by atoms with van der Waals surface area (Å²) in [5, 5.41) is 9.36. The minimum atomic E-state index is -0.391. The zero-order valence-electron chi connectivity index (χ0n) is 10.7. The van der Waals surface area contributed by atoms with E-state index in [1.54, 1.807) is 16.9 Å². The molecule has 100 valence electrons. The minimum absolute atomic E-state index is 0.178. The van der Waals surface area contributed by atoms with E-state index in [0.29, 0.717) is 5.69 Å². The summed E-state index contributed by atoms with van der Waals surface area (Å²) < 4.78 is 14.6. The molecular formula is C13H15FN4O. The molecule has 6 heteroatoms. The van der Waals surface area contributed by atoms with Gasteiger partial charge in [0.15, 0.2) is 0 Å². The number of hydrogen-bond acceptors (Lipinski definition) is 2. The van der Waals surface area contributed by atoms with Crippen LogP contribution in [-0.2, 0) is 7.05 Å². The number of amides is 2. The van der Waals surface area contributed by atoms with Crippen molar-refractivity contribution < 1.29 is 9.18 Å². The lowest BCUT2D eigenvalue weighted by atomic mass is 10.2. The summed E-state index contributed by atoms with van der Waals surface area (Å²) in [6.07, 6.45) is 3.51. The number of aromatic nitrogens is 2. The van der Waals surface area contributed by atoms with Gasteiger partial charge in [-0.3, -0.25) is 4.68 Å². The van der Waals surface area contributed by atoms with E-state index in [4.69, 9.17) is 0 Å². The Hall–Kier alpha value is -2.37. The van der Waals surface area contributed by atoms with Gasteiger partial charge in [-0.1, -0.05) is 6.07 Å². The maximum absolute atomic E-state index is 13.0. The van der Waals surface area contributed by atoms with Crippen molar-refractivity contribution in [3.05, 3.63) is 48.0 Å². The molecule has 2 aromatic rings. The first kappa shape index (κ1) is 13.1. The van der Waals surface area contributed by atoms with Crippen molar-refractivity contribution in [1.82, 2.24) is 15.1 Å². The molecule has 0 radical (unpaired) electrons. The van der Waals surface area contributed by atoms with E-state index in [1.165, 1.54) is 18.2 Å². The molecule has 2 amide bonds. The number of hydrogen-bond donors (Lipinski definition) is 2. The van der Waals surface area contributed by atoms with E-state index in [9.17, 15) is 9.18 Å². The summed E-state index contributed by atoms with van der Waals surface area (Å²) >= 11 is 0. The SMILES string of the molecule is CC(NC(=O)Nc1cccc(F)c1)c1cnn(C)c1. The fourth-order valence-corrected chi connectivity index (χ4v) is 1.68. The lowest BCUT2D eigenvalue weighted by molar-refractivity contribution is 0.249. The molecule has 0 saturated heterocycles. The summed E-state index contributed by atoms with van der Waals surface area (Å²) in [6.45, 7) is 1.85. The highest BCUT2D eigenvalue weighted by Crippen LogP contribution is 2.12. The molecule has 1 aromatic carbocycles. The van der Waals surface area contributed by atoms with E-state index < -0.39 is 5.82 Å². The Morgan fingerprint density at radius 1 is 1.47 bits per heavy atom. The third-order valence-corrected chi connectivity index (χ3v) is 2.65. The largest absolute Gasteiger partial charge is 0.331 e. The fraction of sp³-hybridized carbons (Fsp3) is 0.231. The molecule has 0 saturated carbocycles. The first-order valence-corrected chi connectivity index (χ1v) is 5.86. The van der Waals surface area contributed by atoms with Crippen LogP contribution in [0.4, 0.5) is 14.9 Å². The molecule has 1 unspecified atom stereocenters. The maximum Gasteiger partial charge on any atom is 0.319 e. The highest BCUT2D eigenvalue weighted by Gasteiger charge is 2.11. The van der Waals surface area contributed by atoms with Crippen LogP contribution >= 0.6 is 0 Å². The van der Waals surface area contributed by atoms with E-state index in [2.05, 4.69) is 15.7 Å². The molecule has 2 N–H and O–H groups in total. The topological polar surface area (TPSA) is 59.0 Å². The van der Waals surface area contributed by atoms with Gasteiger partial charge in [0.2, 0.25) is 0 Å². The van der Waals surface area contributed by atoms with Gasteiger partial charge in [0.05, 0.1) is 12.2 Å². The average molecular weight is 262 g/mol. The van der Waals surface area contributed by atoms with Gasteiger partial charge in [-0.15, -0.1) is 0 Å². The lowest BCUT2D eigenvalue weighted by Gasteiger charge is -2.13. The van der Waals surface area contributed by atoms with E-state index in [-0.39, 0.29) is 12.1 Å². The first-order chi connectivity index (χ1) is 9.04. The van der Waals surface area contributed by atoms with Crippen LogP contribution in [0.1, 0.15) is 18.5 Å². The summed E-state index contributed by atoms with van der Waals surface area (Å²) in [4.78, 5) is 11.7. The van der Waals surface area contributed by atoms with Crippen molar-refractivity contribution in [2.45, 2.75) is 13.0 Å². The Bertz CT molecular complexity index is 582. The fourth-order valence-electron chi connectivity index (χ4n) is 1.68. The number of carbonyl (C=O) groups excluding carboxylic acids is 1. The number of urea groups is 1. The van der Waals surface area contributed by atoms with Crippen molar-refractivity contribution >= 4 is 11.7 Å². The number of carbonyl (C=O) groups is 1. The van der Waals surface area contributed by atoms with Gasteiger partial charge in [0.25, 0.3) is 0 Å². The molecule has 2 rings (SSSR count). The molecule has 0 aliphatic rings. The molecule has 0 bridgehead atoms. The first-order valence-electron chi connectivity index (χ1n) is 5.86. The molecule has 19 heavy (non-hydrogen) atoms. The van der Waals surface area contributed by atoms with Crippen LogP contribution < -0.4 is 10.6 Å². The molecule has 1 heterocycles. The normalized spacial score (nSPS) is 11.9. The number of benzene rings is 1. The second kappa shape index (κ2) is 5.51. The number of nitrogens with one attached hydrogen (secondary N) is 2. The van der Waals surface area contributed by atoms with Gasteiger partial charge in [0, 0.05) is 24.5 Å². The van der Waals surface area contributed by atoms with E-state index in [0.717, 1.165) is 5.56 Å². The van der Waals surface area contributed by atoms with Gasteiger partial charge >= 0.3 is 6.03 Å². The summed E-state index contributed by atoms with van der Waals surface area (Å²) in [5.41, 5.74) is 1.31. The summed E-state index contributed by atoms with van der Waals surface area (Å²) in [5.74, 6) is -0.391. The van der Waals surface area contributed by atoms with Crippen LogP contribution in [0.3, 0.4) is 0 Å². The molecule has 0 spiro atoms. The van der Waals surface area contributed by atoms with E-state index in [1.807, 2.05) is 20.2 Å². The maximum atomic E-state index is 13.0. The van der Waals surface area contributed by atoms with Crippen molar-refractivity contribution in [1.29, 1.82) is 0 Å².